The molecule has 2 nitrogen and oxygen atoms in total. The Bertz CT molecular complexity index is 420. The SMILES string of the molecule is Cc1ccc(N(C)CCC2CCCNC2)c(C)c1C. The quantitative estimate of drug-likeness (QED) is 0.892. The number of nitrogens with one attached hydrogen (secondary N) is 1. The molecule has 0 aromatic heterocycles. The molecule has 106 valence electrons. The van der Waals surface area contributed by atoms with Crippen molar-refractivity contribution >= 4 is 5.69 Å². The van der Waals surface area contributed by atoms with Crippen LogP contribution in [0, 0.1) is 26.7 Å². The van der Waals surface area contributed by atoms with Crippen LogP contribution in [-0.4, -0.2) is 26.7 Å². The summed E-state index contributed by atoms with van der Waals surface area (Å²) in [6, 6.07) is 4.52. The van der Waals surface area contributed by atoms with Crippen LogP contribution >= 0.6 is 0 Å². The van der Waals surface area contributed by atoms with Gasteiger partial charge < -0.3 is 10.2 Å². The molecule has 1 aromatic carbocycles. The lowest BCUT2D eigenvalue weighted by atomic mass is 9.95. The van der Waals surface area contributed by atoms with Crippen molar-refractivity contribution < 1.29 is 0 Å². The van der Waals surface area contributed by atoms with Crippen LogP contribution in [0.1, 0.15) is 36.0 Å². The largest absolute Gasteiger partial charge is 0.374 e. The first-order valence-electron chi connectivity index (χ1n) is 7.58. The summed E-state index contributed by atoms with van der Waals surface area (Å²) in [5.41, 5.74) is 5.66. The standard InChI is InChI=1S/C17H28N2/c1-13-7-8-17(15(3)14(13)2)19(4)11-9-16-6-5-10-18-12-16/h7-8,16,18H,5-6,9-12H2,1-4H3. The maximum absolute atomic E-state index is 3.51. The monoisotopic (exact) mass is 260 g/mol. The van der Waals surface area contributed by atoms with Gasteiger partial charge in [-0.2, -0.15) is 0 Å². The Hall–Kier alpha value is -1.02. The van der Waals surface area contributed by atoms with E-state index in [1.165, 1.54) is 54.7 Å². The summed E-state index contributed by atoms with van der Waals surface area (Å²) in [5.74, 6) is 0.864. The van der Waals surface area contributed by atoms with E-state index in [-0.39, 0.29) is 0 Å². The highest BCUT2D eigenvalue weighted by Gasteiger charge is 2.14. The fourth-order valence-electron chi connectivity index (χ4n) is 3.02. The average molecular weight is 260 g/mol. The van der Waals surface area contributed by atoms with Gasteiger partial charge in [-0.1, -0.05) is 6.07 Å². The zero-order valence-electron chi connectivity index (χ0n) is 12.9. The van der Waals surface area contributed by atoms with E-state index in [2.05, 4.69) is 50.2 Å². The van der Waals surface area contributed by atoms with E-state index in [0.29, 0.717) is 0 Å². The lowest BCUT2D eigenvalue weighted by Gasteiger charge is -2.27. The Morgan fingerprint density at radius 1 is 1.21 bits per heavy atom. The van der Waals surface area contributed by atoms with Crippen molar-refractivity contribution in [2.75, 3.05) is 31.6 Å². The molecule has 1 fully saturated rings. The first kappa shape index (κ1) is 14.4. The van der Waals surface area contributed by atoms with E-state index in [4.69, 9.17) is 0 Å². The van der Waals surface area contributed by atoms with Crippen LogP contribution in [0.5, 0.6) is 0 Å². The van der Waals surface area contributed by atoms with Crippen molar-refractivity contribution in [3.8, 4) is 0 Å². The van der Waals surface area contributed by atoms with Gasteiger partial charge in [0, 0.05) is 19.3 Å². The maximum atomic E-state index is 3.51. The smallest absolute Gasteiger partial charge is 0.0396 e. The molecule has 1 aliphatic rings. The second kappa shape index (κ2) is 6.42. The Kier molecular flexibility index (Phi) is 4.87. The summed E-state index contributed by atoms with van der Waals surface area (Å²) in [6.45, 7) is 10.3. The van der Waals surface area contributed by atoms with Gasteiger partial charge in [-0.25, -0.2) is 0 Å². The van der Waals surface area contributed by atoms with Crippen molar-refractivity contribution in [2.45, 2.75) is 40.0 Å². The predicted octanol–water partition coefficient (Wildman–Crippen LogP) is 3.44. The number of nitrogens with zero attached hydrogens (tertiary/aromatic N) is 1. The molecule has 1 unspecified atom stereocenters. The minimum atomic E-state index is 0.864. The number of hydrogen-bond donors (Lipinski definition) is 1. The number of aryl methyl sites for hydroxylation is 1. The predicted molar refractivity (Wildman–Crippen MR) is 84.1 cm³/mol. The van der Waals surface area contributed by atoms with Crippen molar-refractivity contribution in [2.24, 2.45) is 5.92 Å². The van der Waals surface area contributed by atoms with Crippen LogP contribution in [0.4, 0.5) is 5.69 Å². The Labute approximate surface area is 118 Å². The summed E-state index contributed by atoms with van der Waals surface area (Å²) in [7, 11) is 2.23. The highest BCUT2D eigenvalue weighted by molar-refractivity contribution is 5.57. The molecule has 1 saturated heterocycles. The molecule has 1 aliphatic heterocycles. The van der Waals surface area contributed by atoms with Crippen LogP contribution < -0.4 is 10.2 Å². The number of benzene rings is 1. The Morgan fingerprint density at radius 3 is 2.68 bits per heavy atom. The molecule has 0 aliphatic carbocycles. The van der Waals surface area contributed by atoms with E-state index in [9.17, 15) is 0 Å². The molecule has 19 heavy (non-hydrogen) atoms. The molecule has 2 rings (SSSR count). The third-order valence-electron chi connectivity index (χ3n) is 4.71. The zero-order chi connectivity index (χ0) is 13.8. The summed E-state index contributed by atoms with van der Waals surface area (Å²) in [4.78, 5) is 2.43. The van der Waals surface area contributed by atoms with Gasteiger partial charge in [0.2, 0.25) is 0 Å². The molecule has 0 radical (unpaired) electrons. The molecule has 0 bridgehead atoms. The van der Waals surface area contributed by atoms with E-state index in [1.54, 1.807) is 0 Å². The van der Waals surface area contributed by atoms with E-state index in [1.807, 2.05) is 0 Å². The molecule has 0 amide bonds. The highest BCUT2D eigenvalue weighted by atomic mass is 15.1. The number of piperidine rings is 1. The molecular weight excluding hydrogens is 232 g/mol. The average Bonchev–Trinajstić information content (AvgIpc) is 2.43. The van der Waals surface area contributed by atoms with Crippen molar-refractivity contribution in [3.63, 3.8) is 0 Å². The van der Waals surface area contributed by atoms with Gasteiger partial charge in [0.05, 0.1) is 0 Å². The van der Waals surface area contributed by atoms with E-state index >= 15 is 0 Å². The number of rotatable bonds is 4. The summed E-state index contributed by atoms with van der Waals surface area (Å²) < 4.78 is 0. The Morgan fingerprint density at radius 2 is 2.00 bits per heavy atom. The molecule has 2 heteroatoms. The van der Waals surface area contributed by atoms with Crippen LogP contribution in [0.25, 0.3) is 0 Å². The fraction of sp³-hybridized carbons (Fsp3) is 0.647. The normalized spacial score (nSPS) is 19.5. The third kappa shape index (κ3) is 3.50. The van der Waals surface area contributed by atoms with E-state index < -0.39 is 0 Å². The van der Waals surface area contributed by atoms with Gasteiger partial charge in [-0.3, -0.25) is 0 Å². The fourth-order valence-corrected chi connectivity index (χ4v) is 3.02. The minimum Gasteiger partial charge on any atom is -0.374 e. The molecule has 0 saturated carbocycles. The van der Waals surface area contributed by atoms with Gasteiger partial charge in [0.25, 0.3) is 0 Å². The lowest BCUT2D eigenvalue weighted by molar-refractivity contribution is 0.360. The molecule has 1 aromatic rings. The second-order valence-corrected chi connectivity index (χ2v) is 6.07. The van der Waals surface area contributed by atoms with Crippen LogP contribution in [0.2, 0.25) is 0 Å². The van der Waals surface area contributed by atoms with Gasteiger partial charge in [-0.05, 0) is 81.8 Å². The first-order chi connectivity index (χ1) is 9.09. The number of anilines is 1. The topological polar surface area (TPSA) is 15.3 Å². The van der Waals surface area contributed by atoms with Crippen molar-refractivity contribution in [1.29, 1.82) is 0 Å². The second-order valence-electron chi connectivity index (χ2n) is 6.07. The van der Waals surface area contributed by atoms with Gasteiger partial charge in [0.15, 0.2) is 0 Å². The highest BCUT2D eigenvalue weighted by Crippen LogP contribution is 2.25. The van der Waals surface area contributed by atoms with Crippen molar-refractivity contribution in [1.82, 2.24) is 5.32 Å². The zero-order valence-corrected chi connectivity index (χ0v) is 12.9. The third-order valence-corrected chi connectivity index (χ3v) is 4.71. The molecule has 1 N–H and O–H groups in total. The first-order valence-corrected chi connectivity index (χ1v) is 7.58. The summed E-state index contributed by atoms with van der Waals surface area (Å²) >= 11 is 0. The lowest BCUT2D eigenvalue weighted by Crippen LogP contribution is -2.32. The van der Waals surface area contributed by atoms with E-state index in [0.717, 1.165) is 12.5 Å². The van der Waals surface area contributed by atoms with Crippen LogP contribution in [0.15, 0.2) is 12.1 Å². The minimum absolute atomic E-state index is 0.864. The molecule has 0 spiro atoms. The molecular formula is C17H28N2. The van der Waals surface area contributed by atoms with Crippen LogP contribution in [0.3, 0.4) is 0 Å². The summed E-state index contributed by atoms with van der Waals surface area (Å²) in [6.07, 6.45) is 4.04. The van der Waals surface area contributed by atoms with Gasteiger partial charge in [-0.15, -0.1) is 0 Å². The molecule has 1 heterocycles. The van der Waals surface area contributed by atoms with Gasteiger partial charge in [0.1, 0.15) is 0 Å². The number of hydrogen-bond acceptors (Lipinski definition) is 2. The molecule has 1 atom stereocenters. The Balaban J connectivity index is 1.95. The van der Waals surface area contributed by atoms with Gasteiger partial charge >= 0.3 is 0 Å². The van der Waals surface area contributed by atoms with Crippen molar-refractivity contribution in [3.05, 3.63) is 28.8 Å². The maximum Gasteiger partial charge on any atom is 0.0396 e. The van der Waals surface area contributed by atoms with Crippen LogP contribution in [-0.2, 0) is 0 Å². The summed E-state index contributed by atoms with van der Waals surface area (Å²) in [5, 5.41) is 3.51.